The van der Waals surface area contributed by atoms with Crippen LogP contribution < -0.4 is 10.0 Å². The van der Waals surface area contributed by atoms with Gasteiger partial charge >= 0.3 is 0 Å². The van der Waals surface area contributed by atoms with Gasteiger partial charge in [0.2, 0.25) is 10.0 Å². The van der Waals surface area contributed by atoms with Crippen LogP contribution in [0.15, 0.2) is 0 Å². The number of sulfonamides is 1. The van der Waals surface area contributed by atoms with Gasteiger partial charge in [-0.2, -0.15) is 0 Å². The zero-order chi connectivity index (χ0) is 12.1. The van der Waals surface area contributed by atoms with Gasteiger partial charge in [0.15, 0.2) is 0 Å². The Labute approximate surface area is 105 Å². The van der Waals surface area contributed by atoms with Crippen LogP contribution in [-0.2, 0) is 10.0 Å². The summed E-state index contributed by atoms with van der Waals surface area (Å²) in [6, 6.07) is 0.204. The van der Waals surface area contributed by atoms with E-state index in [1.165, 1.54) is 19.3 Å². The molecule has 0 amide bonds. The van der Waals surface area contributed by atoms with Gasteiger partial charge in [-0.05, 0) is 44.7 Å². The van der Waals surface area contributed by atoms with E-state index in [-0.39, 0.29) is 6.04 Å². The van der Waals surface area contributed by atoms with Gasteiger partial charge in [-0.15, -0.1) is 0 Å². The van der Waals surface area contributed by atoms with Crippen LogP contribution in [0.3, 0.4) is 0 Å². The molecular weight excluding hydrogens is 236 g/mol. The van der Waals surface area contributed by atoms with Gasteiger partial charge in [0.25, 0.3) is 0 Å². The van der Waals surface area contributed by atoms with Crippen LogP contribution in [0.25, 0.3) is 0 Å². The first-order chi connectivity index (χ1) is 8.16. The number of hydrogen-bond donors (Lipinski definition) is 2. The smallest absolute Gasteiger partial charge is 0.211 e. The maximum atomic E-state index is 11.9. The van der Waals surface area contributed by atoms with E-state index in [2.05, 4.69) is 10.0 Å². The van der Waals surface area contributed by atoms with E-state index >= 15 is 0 Å². The highest BCUT2D eigenvalue weighted by Crippen LogP contribution is 2.19. The molecule has 0 radical (unpaired) electrons. The minimum Gasteiger partial charge on any atom is -0.316 e. The maximum absolute atomic E-state index is 11.9. The Bertz CT molecular complexity index is 317. The quantitative estimate of drug-likeness (QED) is 0.782. The van der Waals surface area contributed by atoms with Gasteiger partial charge in [0.05, 0.1) is 5.75 Å². The van der Waals surface area contributed by atoms with E-state index < -0.39 is 10.0 Å². The Morgan fingerprint density at radius 3 is 2.53 bits per heavy atom. The number of rotatable bonds is 5. The molecule has 5 heteroatoms. The fraction of sp³-hybridized carbons (Fsp3) is 1.00. The van der Waals surface area contributed by atoms with Crippen LogP contribution in [0.5, 0.6) is 0 Å². The predicted molar refractivity (Wildman–Crippen MR) is 69.4 cm³/mol. The van der Waals surface area contributed by atoms with Crippen molar-refractivity contribution in [3.63, 3.8) is 0 Å². The van der Waals surface area contributed by atoms with Gasteiger partial charge in [-0.3, -0.25) is 0 Å². The summed E-state index contributed by atoms with van der Waals surface area (Å²) in [7, 11) is -3.05. The summed E-state index contributed by atoms with van der Waals surface area (Å²) >= 11 is 0. The van der Waals surface area contributed by atoms with Gasteiger partial charge < -0.3 is 5.32 Å². The molecule has 2 fully saturated rings. The largest absolute Gasteiger partial charge is 0.316 e. The molecule has 2 aliphatic rings. The van der Waals surface area contributed by atoms with Gasteiger partial charge in [-0.25, -0.2) is 13.1 Å². The highest BCUT2D eigenvalue weighted by atomic mass is 32.2. The van der Waals surface area contributed by atoms with Crippen molar-refractivity contribution in [2.24, 2.45) is 5.92 Å². The number of nitrogens with one attached hydrogen (secondary N) is 2. The fourth-order valence-corrected chi connectivity index (χ4v) is 4.32. The van der Waals surface area contributed by atoms with E-state index in [0.29, 0.717) is 11.7 Å². The van der Waals surface area contributed by atoms with Crippen molar-refractivity contribution in [1.82, 2.24) is 10.0 Å². The molecule has 1 unspecified atom stereocenters. The molecule has 17 heavy (non-hydrogen) atoms. The molecule has 0 aromatic carbocycles. The van der Waals surface area contributed by atoms with Crippen LogP contribution in [0.4, 0.5) is 0 Å². The van der Waals surface area contributed by atoms with Crippen molar-refractivity contribution in [1.29, 1.82) is 0 Å². The molecule has 4 nitrogen and oxygen atoms in total. The van der Waals surface area contributed by atoms with Crippen LogP contribution in [0, 0.1) is 5.92 Å². The third-order valence-corrected chi connectivity index (χ3v) is 5.37. The van der Waals surface area contributed by atoms with Gasteiger partial charge in [0.1, 0.15) is 0 Å². The predicted octanol–water partition coefficient (Wildman–Crippen LogP) is 1.24. The fourth-order valence-electron chi connectivity index (χ4n) is 2.82. The first-order valence-corrected chi connectivity index (χ1v) is 8.52. The van der Waals surface area contributed by atoms with Crippen LogP contribution >= 0.6 is 0 Å². The molecule has 1 heterocycles. The van der Waals surface area contributed by atoms with Crippen LogP contribution in [-0.4, -0.2) is 33.3 Å². The van der Waals surface area contributed by atoms with E-state index in [0.717, 1.165) is 38.8 Å². The zero-order valence-corrected chi connectivity index (χ0v) is 11.3. The molecule has 2 rings (SSSR count). The second-order valence-corrected chi connectivity index (χ2v) is 7.29. The first-order valence-electron chi connectivity index (χ1n) is 6.86. The molecule has 100 valence electrons. The Morgan fingerprint density at radius 1 is 1.12 bits per heavy atom. The summed E-state index contributed by atoms with van der Waals surface area (Å²) < 4.78 is 26.7. The summed E-state index contributed by atoms with van der Waals surface area (Å²) in [4.78, 5) is 0. The first kappa shape index (κ1) is 13.3. The highest BCUT2D eigenvalue weighted by Gasteiger charge is 2.22. The summed E-state index contributed by atoms with van der Waals surface area (Å²) in [6.45, 7) is 2.03. The average Bonchev–Trinajstić information content (AvgIpc) is 2.80. The van der Waals surface area contributed by atoms with Crippen molar-refractivity contribution in [2.45, 2.75) is 51.0 Å². The molecule has 0 aromatic rings. The monoisotopic (exact) mass is 260 g/mol. The van der Waals surface area contributed by atoms with Crippen molar-refractivity contribution in [3.05, 3.63) is 0 Å². The molecule has 0 bridgehead atoms. The summed E-state index contributed by atoms with van der Waals surface area (Å²) in [5, 5.41) is 3.27. The standard InChI is InChI=1S/C12H24N2O2S/c15-17(16,9-7-11-6-8-13-10-11)14-12-4-2-1-3-5-12/h11-14H,1-10H2. The molecule has 1 saturated heterocycles. The van der Waals surface area contributed by atoms with E-state index in [1.807, 2.05) is 0 Å². The topological polar surface area (TPSA) is 58.2 Å². The second-order valence-electron chi connectivity index (χ2n) is 5.42. The Hall–Kier alpha value is -0.130. The van der Waals surface area contributed by atoms with Crippen LogP contribution in [0.1, 0.15) is 44.9 Å². The molecule has 1 atom stereocenters. The highest BCUT2D eigenvalue weighted by molar-refractivity contribution is 7.89. The third-order valence-electron chi connectivity index (χ3n) is 3.91. The van der Waals surface area contributed by atoms with Crippen molar-refractivity contribution in [3.8, 4) is 0 Å². The summed E-state index contributed by atoms with van der Waals surface area (Å²) in [6.07, 6.45) is 7.55. The lowest BCUT2D eigenvalue weighted by molar-refractivity contribution is 0.411. The average molecular weight is 260 g/mol. The SMILES string of the molecule is O=S(=O)(CCC1CCNC1)NC1CCCCC1. The van der Waals surface area contributed by atoms with E-state index in [1.54, 1.807) is 0 Å². The third kappa shape index (κ3) is 4.56. The molecule has 2 N–H and O–H groups in total. The lowest BCUT2D eigenvalue weighted by atomic mass is 9.96. The number of hydrogen-bond acceptors (Lipinski definition) is 3. The normalized spacial score (nSPS) is 27.4. The van der Waals surface area contributed by atoms with Crippen molar-refractivity contribution in [2.75, 3.05) is 18.8 Å². The van der Waals surface area contributed by atoms with E-state index in [9.17, 15) is 8.42 Å². The Kier molecular flexibility index (Phi) is 4.82. The molecule has 1 aliphatic heterocycles. The lowest BCUT2D eigenvalue weighted by Gasteiger charge is -2.22. The second kappa shape index (κ2) is 6.16. The molecular formula is C12H24N2O2S. The lowest BCUT2D eigenvalue weighted by Crippen LogP contribution is -2.38. The Morgan fingerprint density at radius 2 is 1.88 bits per heavy atom. The Balaban J connectivity index is 1.73. The molecule has 1 saturated carbocycles. The maximum Gasteiger partial charge on any atom is 0.211 e. The molecule has 1 aliphatic carbocycles. The van der Waals surface area contributed by atoms with E-state index in [4.69, 9.17) is 0 Å². The molecule has 0 aromatic heterocycles. The summed E-state index contributed by atoms with van der Waals surface area (Å²) in [5.41, 5.74) is 0. The minimum atomic E-state index is -3.05. The molecule has 0 spiro atoms. The minimum absolute atomic E-state index is 0.204. The van der Waals surface area contributed by atoms with Crippen molar-refractivity contribution >= 4 is 10.0 Å². The summed E-state index contributed by atoms with van der Waals surface area (Å²) in [5.74, 6) is 0.855. The van der Waals surface area contributed by atoms with Crippen LogP contribution in [0.2, 0.25) is 0 Å². The van der Waals surface area contributed by atoms with Crippen molar-refractivity contribution < 1.29 is 8.42 Å². The zero-order valence-electron chi connectivity index (χ0n) is 10.5. The van der Waals surface area contributed by atoms with Gasteiger partial charge in [-0.1, -0.05) is 19.3 Å². The van der Waals surface area contributed by atoms with Gasteiger partial charge in [0, 0.05) is 6.04 Å².